The van der Waals surface area contributed by atoms with E-state index in [9.17, 15) is 0 Å². The Morgan fingerprint density at radius 2 is 1.45 bits per heavy atom. The van der Waals surface area contributed by atoms with Gasteiger partial charge in [0.15, 0.2) is 12.2 Å². The number of benzene rings is 4. The molecular weight excluding hydrogens is 464 g/mol. The first-order valence-corrected chi connectivity index (χ1v) is 13.0. The average Bonchev–Trinajstić information content (AvgIpc) is 3.55. The number of hydrogen-bond donors (Lipinski definition) is 0. The fraction of sp³-hybridized carbons (Fsp3) is 0.118. The van der Waals surface area contributed by atoms with Crippen LogP contribution in [0.5, 0.6) is 0 Å². The molecule has 5 aromatic rings. The van der Waals surface area contributed by atoms with Gasteiger partial charge in [-0.2, -0.15) is 0 Å². The monoisotopic (exact) mass is 491 g/mol. The summed E-state index contributed by atoms with van der Waals surface area (Å²) in [5, 5.41) is 9.11. The van der Waals surface area contributed by atoms with Gasteiger partial charge in [0.1, 0.15) is 5.22 Å². The Labute approximate surface area is 222 Å². The minimum Gasteiger partial charge on any atom is -0.256 e. The Kier molecular flexibility index (Phi) is 5.15. The van der Waals surface area contributed by atoms with Crippen LogP contribution in [0.25, 0.3) is 33.5 Å². The molecule has 1 aromatic heterocycles. The van der Waals surface area contributed by atoms with Crippen LogP contribution in [0.3, 0.4) is 0 Å². The van der Waals surface area contributed by atoms with Crippen molar-refractivity contribution in [2.45, 2.75) is 19.3 Å². The molecule has 4 nitrogen and oxygen atoms in total. The topological polar surface area (TPSA) is 40.6 Å². The average molecular weight is 492 g/mol. The number of rotatable bonds is 4. The van der Waals surface area contributed by atoms with Gasteiger partial charge in [0, 0.05) is 22.7 Å². The highest BCUT2D eigenvalue weighted by Gasteiger charge is 2.37. The summed E-state index contributed by atoms with van der Waals surface area (Å²) in [6, 6.07) is 38.5. The lowest BCUT2D eigenvalue weighted by Crippen LogP contribution is -2.17. The molecular formula is C34H27N4+. The second-order valence-electron chi connectivity index (χ2n) is 10.5. The normalized spacial score (nSPS) is 15.0. The van der Waals surface area contributed by atoms with E-state index >= 15 is 0 Å². The molecule has 7 rings (SSSR count). The lowest BCUT2D eigenvalue weighted by molar-refractivity contribution is -0.492. The largest absolute Gasteiger partial charge is 0.256 e. The van der Waals surface area contributed by atoms with E-state index in [4.69, 9.17) is 0 Å². The molecule has 2 heterocycles. The molecule has 4 heteroatoms. The van der Waals surface area contributed by atoms with E-state index < -0.39 is 0 Å². The van der Waals surface area contributed by atoms with E-state index in [0.717, 1.165) is 28.2 Å². The Balaban J connectivity index is 1.18. The van der Waals surface area contributed by atoms with Crippen molar-refractivity contribution in [3.8, 4) is 33.5 Å². The van der Waals surface area contributed by atoms with Crippen LogP contribution in [0.1, 0.15) is 30.5 Å². The van der Waals surface area contributed by atoms with E-state index in [1.165, 1.54) is 33.4 Å². The van der Waals surface area contributed by atoms with Gasteiger partial charge in [-0.25, -0.2) is 0 Å². The summed E-state index contributed by atoms with van der Waals surface area (Å²) in [6.07, 6.45) is 1.82. The Bertz CT molecular complexity index is 1750. The molecule has 182 valence electrons. The van der Waals surface area contributed by atoms with Crippen molar-refractivity contribution >= 4 is 11.4 Å². The van der Waals surface area contributed by atoms with Crippen LogP contribution in [-0.2, 0) is 5.41 Å². The Morgan fingerprint density at radius 1 is 0.632 bits per heavy atom. The van der Waals surface area contributed by atoms with Gasteiger partial charge in [-0.3, -0.25) is 4.98 Å². The minimum atomic E-state index is -0.0805. The van der Waals surface area contributed by atoms with Crippen LogP contribution < -0.4 is 0 Å². The van der Waals surface area contributed by atoms with E-state index in [1.54, 1.807) is 0 Å². The molecule has 0 spiro atoms. The summed E-state index contributed by atoms with van der Waals surface area (Å²) < 4.78 is 1.96. The molecule has 0 saturated heterocycles. The zero-order chi connectivity index (χ0) is 25.7. The second kappa shape index (κ2) is 8.70. The molecule has 0 fully saturated rings. The molecule has 0 saturated carbocycles. The van der Waals surface area contributed by atoms with E-state index in [-0.39, 0.29) is 5.41 Å². The Hall–Kier alpha value is -4.70. The maximum absolute atomic E-state index is 4.59. The van der Waals surface area contributed by atoms with Crippen molar-refractivity contribution in [2.75, 3.05) is 6.54 Å². The van der Waals surface area contributed by atoms with Crippen molar-refractivity contribution < 1.29 is 4.70 Å². The van der Waals surface area contributed by atoms with E-state index in [0.29, 0.717) is 6.54 Å². The number of fused-ring (bicyclic) bond motifs is 3. The molecule has 4 aromatic carbocycles. The number of pyridine rings is 1. The summed E-state index contributed by atoms with van der Waals surface area (Å²) in [6.45, 7) is 5.27. The van der Waals surface area contributed by atoms with E-state index in [1.807, 2.05) is 35.2 Å². The van der Waals surface area contributed by atoms with Gasteiger partial charge < -0.3 is 0 Å². The highest BCUT2D eigenvalue weighted by Crippen LogP contribution is 2.50. The molecule has 2 aliphatic rings. The summed E-state index contributed by atoms with van der Waals surface area (Å²) in [4.78, 5) is 4.49. The van der Waals surface area contributed by atoms with E-state index in [2.05, 4.69) is 114 Å². The maximum atomic E-state index is 4.59. The Morgan fingerprint density at radius 3 is 2.29 bits per heavy atom. The van der Waals surface area contributed by atoms with Crippen molar-refractivity contribution in [2.24, 2.45) is 10.3 Å². The third-order valence-corrected chi connectivity index (χ3v) is 7.79. The van der Waals surface area contributed by atoms with Crippen molar-refractivity contribution in [3.63, 3.8) is 0 Å². The number of nitrogens with zero attached hydrogens (tertiary/aromatic N) is 4. The SMILES string of the molecule is CC1(C)c2ccc(-c3ccccc3)cc2-c2ccc(C3=NN=[N+](c4cccc(-c5ccccn5)c4)C3)cc21. The maximum Gasteiger partial charge on any atom is 0.231 e. The molecule has 0 atom stereocenters. The summed E-state index contributed by atoms with van der Waals surface area (Å²) in [5.74, 6) is 0. The number of aromatic nitrogens is 1. The predicted molar refractivity (Wildman–Crippen MR) is 153 cm³/mol. The summed E-state index contributed by atoms with van der Waals surface area (Å²) >= 11 is 0. The van der Waals surface area contributed by atoms with Gasteiger partial charge in [0.2, 0.25) is 5.71 Å². The summed E-state index contributed by atoms with van der Waals surface area (Å²) in [7, 11) is 0. The smallest absolute Gasteiger partial charge is 0.231 e. The number of hydrogen-bond acceptors (Lipinski definition) is 3. The molecule has 38 heavy (non-hydrogen) atoms. The molecule has 1 aliphatic heterocycles. The summed E-state index contributed by atoms with van der Waals surface area (Å²) in [5.41, 5.74) is 12.9. The highest BCUT2D eigenvalue weighted by molar-refractivity contribution is 6.03. The van der Waals surface area contributed by atoms with Gasteiger partial charge in [-0.1, -0.05) is 86.6 Å². The highest BCUT2D eigenvalue weighted by atomic mass is 15.5. The van der Waals surface area contributed by atoms with Crippen LogP contribution in [0.4, 0.5) is 5.69 Å². The first-order chi connectivity index (χ1) is 18.6. The first-order valence-electron chi connectivity index (χ1n) is 13.0. The van der Waals surface area contributed by atoms with Gasteiger partial charge in [-0.05, 0) is 69.8 Å². The lowest BCUT2D eigenvalue weighted by Gasteiger charge is -2.22. The molecule has 1 aliphatic carbocycles. The van der Waals surface area contributed by atoms with Gasteiger partial charge in [0.25, 0.3) is 0 Å². The third-order valence-electron chi connectivity index (χ3n) is 7.79. The fourth-order valence-electron chi connectivity index (χ4n) is 5.71. The van der Waals surface area contributed by atoms with Crippen molar-refractivity contribution in [1.29, 1.82) is 0 Å². The van der Waals surface area contributed by atoms with Crippen LogP contribution in [0, 0.1) is 0 Å². The molecule has 0 radical (unpaired) electrons. The molecule has 0 bridgehead atoms. The van der Waals surface area contributed by atoms with Gasteiger partial charge >= 0.3 is 0 Å². The molecule has 0 unspecified atom stereocenters. The fourth-order valence-corrected chi connectivity index (χ4v) is 5.71. The van der Waals surface area contributed by atoms with Gasteiger partial charge in [0.05, 0.1) is 10.8 Å². The van der Waals surface area contributed by atoms with Crippen LogP contribution in [-0.4, -0.2) is 21.9 Å². The van der Waals surface area contributed by atoms with Gasteiger partial charge in [-0.15, -0.1) is 4.70 Å². The minimum absolute atomic E-state index is 0.0805. The van der Waals surface area contributed by atoms with Crippen molar-refractivity contribution in [1.82, 2.24) is 4.98 Å². The zero-order valence-corrected chi connectivity index (χ0v) is 21.5. The predicted octanol–water partition coefficient (Wildman–Crippen LogP) is 8.24. The van der Waals surface area contributed by atoms with Crippen LogP contribution in [0.15, 0.2) is 126 Å². The van der Waals surface area contributed by atoms with Crippen molar-refractivity contribution in [3.05, 3.63) is 132 Å². The lowest BCUT2D eigenvalue weighted by atomic mass is 9.81. The van der Waals surface area contributed by atoms with Crippen LogP contribution in [0.2, 0.25) is 0 Å². The standard InChI is InChI=1S/C34H27N4/c1-34(2)30-17-15-24(23-9-4-3-5-10-23)20-29(30)28-16-14-26(21-31(28)34)33-22-38(37-36-33)27-12-8-11-25(19-27)32-13-6-7-18-35-32/h3-21H,22H2,1-2H3/q+1. The molecule has 0 amide bonds. The quantitative estimate of drug-likeness (QED) is 0.233. The second-order valence-corrected chi connectivity index (χ2v) is 10.5. The van der Waals surface area contributed by atoms with Crippen LogP contribution >= 0.6 is 0 Å². The zero-order valence-electron chi connectivity index (χ0n) is 21.5. The first kappa shape index (κ1) is 22.5. The molecule has 0 N–H and O–H groups in total. The third kappa shape index (κ3) is 3.69.